The van der Waals surface area contributed by atoms with Gasteiger partial charge in [-0.2, -0.15) is 0 Å². The van der Waals surface area contributed by atoms with Gasteiger partial charge in [0.1, 0.15) is 6.04 Å². The topological polar surface area (TPSA) is 87.3 Å². The molecule has 0 bridgehead atoms. The van der Waals surface area contributed by atoms with Crippen molar-refractivity contribution in [3.05, 3.63) is 35.4 Å². The van der Waals surface area contributed by atoms with Gasteiger partial charge in [-0.3, -0.25) is 14.9 Å². The highest BCUT2D eigenvalue weighted by Crippen LogP contribution is 2.06. The number of benzene rings is 1. The number of carbonyl (C=O) groups excluding carboxylic acids is 3. The second kappa shape index (κ2) is 5.51. The molecule has 2 rings (SSSR count). The van der Waals surface area contributed by atoms with Crippen LogP contribution in [0.3, 0.4) is 0 Å². The lowest BCUT2D eigenvalue weighted by molar-refractivity contribution is -0.126. The van der Waals surface area contributed by atoms with E-state index < -0.39 is 18.0 Å². The summed E-state index contributed by atoms with van der Waals surface area (Å²) in [6.45, 7) is 2.37. The zero-order chi connectivity index (χ0) is 13.8. The number of hydrogen-bond acceptors (Lipinski definition) is 3. The Bertz CT molecular complexity index is 528. The van der Waals surface area contributed by atoms with E-state index in [1.165, 1.54) is 0 Å². The number of nitrogens with one attached hydrogen (secondary N) is 3. The van der Waals surface area contributed by atoms with Crippen molar-refractivity contribution in [3.8, 4) is 0 Å². The van der Waals surface area contributed by atoms with E-state index in [0.29, 0.717) is 6.54 Å². The molecular formula is C13H15N3O3. The molecule has 1 heterocycles. The smallest absolute Gasteiger partial charge is 0.322 e. The van der Waals surface area contributed by atoms with Crippen molar-refractivity contribution in [1.82, 2.24) is 16.0 Å². The average Bonchev–Trinajstić information content (AvgIpc) is 2.67. The predicted octanol–water partition coefficient (Wildman–Crippen LogP) is 0.209. The summed E-state index contributed by atoms with van der Waals surface area (Å²) in [5.41, 5.74) is 2.12. The molecule has 4 amide bonds. The molecule has 100 valence electrons. The number of amides is 4. The molecule has 1 aromatic rings. The van der Waals surface area contributed by atoms with Crippen LogP contribution in [-0.2, 0) is 16.1 Å². The molecule has 1 atom stereocenters. The van der Waals surface area contributed by atoms with E-state index >= 15 is 0 Å². The molecule has 1 aromatic carbocycles. The van der Waals surface area contributed by atoms with Gasteiger partial charge in [-0.15, -0.1) is 0 Å². The van der Waals surface area contributed by atoms with Gasteiger partial charge >= 0.3 is 6.03 Å². The highest BCUT2D eigenvalue weighted by atomic mass is 16.2. The van der Waals surface area contributed by atoms with Gasteiger partial charge in [-0.25, -0.2) is 4.79 Å². The number of hydrogen-bond donors (Lipinski definition) is 3. The van der Waals surface area contributed by atoms with Crippen molar-refractivity contribution >= 4 is 17.8 Å². The molecule has 1 unspecified atom stereocenters. The Morgan fingerprint density at radius 2 is 2.05 bits per heavy atom. The Balaban J connectivity index is 1.84. The first kappa shape index (κ1) is 13.1. The molecule has 19 heavy (non-hydrogen) atoms. The lowest BCUT2D eigenvalue weighted by Gasteiger charge is -2.09. The second-order valence-electron chi connectivity index (χ2n) is 4.42. The van der Waals surface area contributed by atoms with Gasteiger partial charge in [0.15, 0.2) is 0 Å². The summed E-state index contributed by atoms with van der Waals surface area (Å²) in [5, 5.41) is 7.20. The van der Waals surface area contributed by atoms with Gasteiger partial charge in [0.25, 0.3) is 5.91 Å². The fourth-order valence-corrected chi connectivity index (χ4v) is 1.86. The molecule has 1 saturated heterocycles. The molecule has 0 spiro atoms. The van der Waals surface area contributed by atoms with Crippen LogP contribution in [0.25, 0.3) is 0 Å². The maximum absolute atomic E-state index is 11.7. The summed E-state index contributed by atoms with van der Waals surface area (Å²) in [7, 11) is 0. The Morgan fingerprint density at radius 3 is 2.68 bits per heavy atom. The molecule has 0 saturated carbocycles. The van der Waals surface area contributed by atoms with Gasteiger partial charge < -0.3 is 10.6 Å². The summed E-state index contributed by atoms with van der Waals surface area (Å²) in [5.74, 6) is -0.735. The first-order valence-electron chi connectivity index (χ1n) is 5.99. The van der Waals surface area contributed by atoms with E-state index in [0.717, 1.165) is 11.1 Å². The van der Waals surface area contributed by atoms with Crippen LogP contribution in [0, 0.1) is 6.92 Å². The van der Waals surface area contributed by atoms with Crippen LogP contribution in [0.5, 0.6) is 0 Å². The fourth-order valence-electron chi connectivity index (χ4n) is 1.86. The van der Waals surface area contributed by atoms with E-state index in [9.17, 15) is 14.4 Å². The van der Waals surface area contributed by atoms with Gasteiger partial charge in [0.2, 0.25) is 5.91 Å². The van der Waals surface area contributed by atoms with Crippen molar-refractivity contribution in [3.63, 3.8) is 0 Å². The van der Waals surface area contributed by atoms with Crippen LogP contribution in [0.1, 0.15) is 17.5 Å². The normalized spacial score (nSPS) is 17.8. The van der Waals surface area contributed by atoms with Gasteiger partial charge in [-0.05, 0) is 18.1 Å². The Hall–Kier alpha value is -2.37. The summed E-state index contributed by atoms with van der Waals surface area (Å²) in [4.78, 5) is 33.9. The molecular weight excluding hydrogens is 246 g/mol. The van der Waals surface area contributed by atoms with E-state index in [1.807, 2.05) is 31.2 Å². The molecule has 1 aliphatic rings. The average molecular weight is 261 g/mol. The lowest BCUT2D eigenvalue weighted by atomic mass is 10.1. The Kier molecular flexibility index (Phi) is 3.79. The zero-order valence-electron chi connectivity index (χ0n) is 10.5. The summed E-state index contributed by atoms with van der Waals surface area (Å²) >= 11 is 0. The number of imide groups is 1. The SMILES string of the molecule is Cc1ccccc1CNC(=O)CC1NC(=O)NC1=O. The molecule has 6 heteroatoms. The van der Waals surface area contributed by atoms with Crippen molar-refractivity contribution in [2.45, 2.75) is 25.9 Å². The van der Waals surface area contributed by atoms with Gasteiger partial charge in [0, 0.05) is 6.54 Å². The number of rotatable bonds is 4. The molecule has 1 aliphatic heterocycles. The molecule has 0 aromatic heterocycles. The van der Waals surface area contributed by atoms with E-state index in [2.05, 4.69) is 16.0 Å². The van der Waals surface area contributed by atoms with Crippen LogP contribution >= 0.6 is 0 Å². The van der Waals surface area contributed by atoms with E-state index in [1.54, 1.807) is 0 Å². The molecule has 0 radical (unpaired) electrons. The van der Waals surface area contributed by atoms with Crippen LogP contribution in [0.15, 0.2) is 24.3 Å². The standard InChI is InChI=1S/C13H15N3O3/c1-8-4-2-3-5-9(8)7-14-11(17)6-10-12(18)16-13(19)15-10/h2-5,10H,6-7H2,1H3,(H,14,17)(H2,15,16,18,19). The molecule has 3 N–H and O–H groups in total. The van der Waals surface area contributed by atoms with Crippen molar-refractivity contribution in [2.75, 3.05) is 0 Å². The monoisotopic (exact) mass is 261 g/mol. The zero-order valence-corrected chi connectivity index (χ0v) is 10.5. The maximum atomic E-state index is 11.7. The van der Waals surface area contributed by atoms with E-state index in [4.69, 9.17) is 0 Å². The number of aryl methyl sites for hydroxylation is 1. The molecule has 6 nitrogen and oxygen atoms in total. The summed E-state index contributed by atoms with van der Waals surface area (Å²) < 4.78 is 0. The van der Waals surface area contributed by atoms with Gasteiger partial charge in [-0.1, -0.05) is 24.3 Å². The van der Waals surface area contributed by atoms with Crippen LogP contribution in [0.4, 0.5) is 4.79 Å². The third-order valence-electron chi connectivity index (χ3n) is 2.99. The number of carbonyl (C=O) groups is 3. The predicted molar refractivity (Wildman–Crippen MR) is 68.1 cm³/mol. The first-order valence-corrected chi connectivity index (χ1v) is 5.99. The quantitative estimate of drug-likeness (QED) is 0.677. The Labute approximate surface area is 110 Å². The van der Waals surface area contributed by atoms with Crippen LogP contribution in [0.2, 0.25) is 0 Å². The van der Waals surface area contributed by atoms with E-state index in [-0.39, 0.29) is 12.3 Å². The van der Waals surface area contributed by atoms with Gasteiger partial charge in [0.05, 0.1) is 6.42 Å². The highest BCUT2D eigenvalue weighted by Gasteiger charge is 2.31. The maximum Gasteiger partial charge on any atom is 0.322 e. The van der Waals surface area contributed by atoms with Crippen LogP contribution < -0.4 is 16.0 Å². The third kappa shape index (κ3) is 3.31. The summed E-state index contributed by atoms with van der Waals surface area (Å²) in [6, 6.07) is 6.40. The van der Waals surface area contributed by atoms with Crippen molar-refractivity contribution in [1.29, 1.82) is 0 Å². The summed E-state index contributed by atoms with van der Waals surface area (Å²) in [6.07, 6.45) is -0.0521. The number of urea groups is 1. The van der Waals surface area contributed by atoms with Crippen molar-refractivity contribution < 1.29 is 14.4 Å². The Morgan fingerprint density at radius 1 is 1.32 bits per heavy atom. The van der Waals surface area contributed by atoms with Crippen LogP contribution in [-0.4, -0.2) is 23.9 Å². The fraction of sp³-hybridized carbons (Fsp3) is 0.308. The minimum Gasteiger partial charge on any atom is -0.352 e. The second-order valence-corrected chi connectivity index (χ2v) is 4.42. The lowest BCUT2D eigenvalue weighted by Crippen LogP contribution is -2.36. The minimum atomic E-state index is -0.774. The molecule has 1 fully saturated rings. The van der Waals surface area contributed by atoms with Crippen molar-refractivity contribution in [2.24, 2.45) is 0 Å². The minimum absolute atomic E-state index is 0.0521. The first-order chi connectivity index (χ1) is 9.06. The molecule has 0 aliphatic carbocycles. The largest absolute Gasteiger partial charge is 0.352 e. The highest BCUT2D eigenvalue weighted by molar-refractivity contribution is 6.05. The third-order valence-corrected chi connectivity index (χ3v) is 2.99.